The van der Waals surface area contributed by atoms with E-state index in [4.69, 9.17) is 4.74 Å². The highest BCUT2D eigenvalue weighted by Crippen LogP contribution is 2.69. The van der Waals surface area contributed by atoms with E-state index in [1.165, 1.54) is 6.08 Å². The number of aliphatic hydroxyl groups is 2. The van der Waals surface area contributed by atoms with E-state index >= 15 is 0 Å². The van der Waals surface area contributed by atoms with Gasteiger partial charge >= 0.3 is 5.97 Å². The maximum Gasteiger partial charge on any atom is 0.306 e. The molecule has 0 aromatic rings. The summed E-state index contributed by atoms with van der Waals surface area (Å²) in [4.78, 5) is 38.2. The second kappa shape index (κ2) is 8.37. The van der Waals surface area contributed by atoms with Gasteiger partial charge in [0.1, 0.15) is 12.4 Å². The summed E-state index contributed by atoms with van der Waals surface area (Å²) >= 11 is 0. The van der Waals surface area contributed by atoms with Crippen molar-refractivity contribution in [2.24, 2.45) is 34.5 Å². The molecular formula is C27H38O6. The Labute approximate surface area is 196 Å². The van der Waals surface area contributed by atoms with Crippen LogP contribution in [0.3, 0.4) is 0 Å². The molecule has 0 heterocycles. The normalized spacial score (nSPS) is 41.9. The van der Waals surface area contributed by atoms with E-state index < -0.39 is 28.8 Å². The van der Waals surface area contributed by atoms with Crippen molar-refractivity contribution in [1.82, 2.24) is 0 Å². The minimum absolute atomic E-state index is 0.129. The molecule has 4 rings (SSSR count). The number of carbonyl (C=O) groups is 3. The Morgan fingerprint density at radius 2 is 1.91 bits per heavy atom. The number of ketones is 2. The number of ether oxygens (including phenoxy) is 1. The maximum absolute atomic E-state index is 13.3. The van der Waals surface area contributed by atoms with Crippen LogP contribution >= 0.6 is 0 Å². The monoisotopic (exact) mass is 458 g/mol. The van der Waals surface area contributed by atoms with Gasteiger partial charge in [-0.3, -0.25) is 14.4 Å². The lowest BCUT2D eigenvalue weighted by Gasteiger charge is -2.58. The Morgan fingerprint density at radius 3 is 2.58 bits per heavy atom. The summed E-state index contributed by atoms with van der Waals surface area (Å²) in [6.07, 6.45) is 8.67. The molecule has 3 saturated carbocycles. The average Bonchev–Trinajstić information content (AvgIpc) is 3.00. The second-order valence-electron chi connectivity index (χ2n) is 11.2. The Bertz CT molecular complexity index is 918. The molecule has 7 atom stereocenters. The van der Waals surface area contributed by atoms with E-state index in [0.717, 1.165) is 37.7 Å². The first kappa shape index (κ1) is 24.2. The summed E-state index contributed by atoms with van der Waals surface area (Å²) in [7, 11) is 0. The second-order valence-corrected chi connectivity index (χ2v) is 11.2. The van der Waals surface area contributed by atoms with Gasteiger partial charge in [-0.2, -0.15) is 0 Å². The van der Waals surface area contributed by atoms with Crippen LogP contribution in [0.1, 0.15) is 79.1 Å². The minimum atomic E-state index is -1.32. The average molecular weight is 459 g/mol. The van der Waals surface area contributed by atoms with Crippen molar-refractivity contribution >= 4 is 17.5 Å². The molecule has 4 aliphatic carbocycles. The first-order chi connectivity index (χ1) is 15.6. The zero-order valence-electron chi connectivity index (χ0n) is 20.4. The molecule has 4 aliphatic rings. The molecule has 0 amide bonds. The number of unbranched alkanes of at least 4 members (excludes halogenated alkanes) is 1. The highest BCUT2D eigenvalue weighted by molar-refractivity contribution is 6.01. The van der Waals surface area contributed by atoms with Crippen LogP contribution < -0.4 is 0 Å². The van der Waals surface area contributed by atoms with Crippen molar-refractivity contribution < 1.29 is 29.3 Å². The minimum Gasteiger partial charge on any atom is -0.511 e. The van der Waals surface area contributed by atoms with Gasteiger partial charge in [-0.15, -0.1) is 0 Å². The van der Waals surface area contributed by atoms with E-state index in [2.05, 4.69) is 6.92 Å². The molecule has 0 aromatic carbocycles. The lowest BCUT2D eigenvalue weighted by molar-refractivity contribution is -0.196. The third-order valence-corrected chi connectivity index (χ3v) is 9.83. The van der Waals surface area contributed by atoms with E-state index in [0.29, 0.717) is 12.8 Å². The first-order valence-electron chi connectivity index (χ1n) is 12.6. The van der Waals surface area contributed by atoms with Crippen LogP contribution in [0.4, 0.5) is 0 Å². The summed E-state index contributed by atoms with van der Waals surface area (Å²) in [5.41, 5.74) is -1.45. The van der Waals surface area contributed by atoms with Crippen molar-refractivity contribution in [2.75, 3.05) is 6.61 Å². The third-order valence-electron chi connectivity index (χ3n) is 9.83. The fourth-order valence-electron chi connectivity index (χ4n) is 8.16. The van der Waals surface area contributed by atoms with Crippen molar-refractivity contribution in [3.8, 4) is 0 Å². The fourth-order valence-corrected chi connectivity index (χ4v) is 8.16. The molecule has 0 bridgehead atoms. The molecule has 182 valence electrons. The molecule has 0 radical (unpaired) electrons. The predicted molar refractivity (Wildman–Crippen MR) is 123 cm³/mol. The first-order valence-corrected chi connectivity index (χ1v) is 12.6. The van der Waals surface area contributed by atoms with Crippen molar-refractivity contribution in [3.63, 3.8) is 0 Å². The standard InChI is InChI=1S/C27H38O6/c1-5-6-7-24(32)33-27(23(31)15-28)16(2)12-21-19-9-8-17-13-18(29)14-22(30)26(17,4)20(19)10-11-25(21,27)3/h13-14,16,19-21,28,30H,5-12,15H2,1-4H3/t16-,19+,20-,21-,25-,26-,27-/m0/s1. The molecule has 2 N–H and O–H groups in total. The van der Waals surface area contributed by atoms with Gasteiger partial charge in [0.25, 0.3) is 0 Å². The van der Waals surface area contributed by atoms with Crippen LogP contribution in [0, 0.1) is 34.5 Å². The fraction of sp³-hybridized carbons (Fsp3) is 0.741. The van der Waals surface area contributed by atoms with Crippen molar-refractivity contribution in [3.05, 3.63) is 23.5 Å². The molecule has 33 heavy (non-hydrogen) atoms. The molecule has 0 spiro atoms. The summed E-state index contributed by atoms with van der Waals surface area (Å²) in [5.74, 6) is -0.428. The summed E-state index contributed by atoms with van der Waals surface area (Å²) in [6, 6.07) is 0. The van der Waals surface area contributed by atoms with Crippen molar-refractivity contribution in [2.45, 2.75) is 84.7 Å². The Hall–Kier alpha value is -1.95. The van der Waals surface area contributed by atoms with E-state index in [1.807, 2.05) is 20.8 Å². The largest absolute Gasteiger partial charge is 0.511 e. The van der Waals surface area contributed by atoms with Crippen LogP contribution in [0.25, 0.3) is 0 Å². The number of hydrogen-bond donors (Lipinski definition) is 2. The molecule has 6 nitrogen and oxygen atoms in total. The molecule has 0 unspecified atom stereocenters. The zero-order valence-corrected chi connectivity index (χ0v) is 20.4. The molecule has 6 heteroatoms. The van der Waals surface area contributed by atoms with Crippen LogP contribution in [0.2, 0.25) is 0 Å². The number of esters is 1. The third kappa shape index (κ3) is 3.27. The maximum atomic E-state index is 13.3. The van der Waals surface area contributed by atoms with Gasteiger partial charge in [0.15, 0.2) is 11.4 Å². The van der Waals surface area contributed by atoms with Crippen LogP contribution in [-0.4, -0.2) is 40.0 Å². The van der Waals surface area contributed by atoms with Gasteiger partial charge in [0.05, 0.1) is 0 Å². The highest BCUT2D eigenvalue weighted by Gasteiger charge is 2.71. The molecule has 0 aliphatic heterocycles. The molecule has 0 aromatic heterocycles. The Morgan fingerprint density at radius 1 is 1.18 bits per heavy atom. The SMILES string of the molecule is CCCCC(=O)O[C@]1(C(=O)CO)[C@@H](C)C[C@H]2[C@@H]3CCC4=CC(=O)C=C(O)[C@]4(C)[C@H]3CC[C@@]21C. The van der Waals surface area contributed by atoms with Gasteiger partial charge in [-0.25, -0.2) is 0 Å². The van der Waals surface area contributed by atoms with Gasteiger partial charge in [0, 0.05) is 29.2 Å². The van der Waals surface area contributed by atoms with Crippen LogP contribution in [0.15, 0.2) is 23.5 Å². The van der Waals surface area contributed by atoms with E-state index in [-0.39, 0.29) is 47.6 Å². The van der Waals surface area contributed by atoms with E-state index in [1.54, 1.807) is 6.08 Å². The van der Waals surface area contributed by atoms with Gasteiger partial charge in [-0.05, 0) is 69.3 Å². The number of Topliss-reactive ketones (excluding diaryl/α,β-unsaturated/α-hetero) is 1. The number of rotatable bonds is 6. The Kier molecular flexibility index (Phi) is 6.13. The predicted octanol–water partition coefficient (Wildman–Crippen LogP) is 4.46. The number of aliphatic hydroxyl groups excluding tert-OH is 2. The number of hydrogen-bond acceptors (Lipinski definition) is 6. The quantitative estimate of drug-likeness (QED) is 0.570. The van der Waals surface area contributed by atoms with Crippen LogP contribution in [0.5, 0.6) is 0 Å². The van der Waals surface area contributed by atoms with Gasteiger partial charge < -0.3 is 14.9 Å². The van der Waals surface area contributed by atoms with Crippen LogP contribution in [-0.2, 0) is 19.1 Å². The summed E-state index contributed by atoms with van der Waals surface area (Å²) < 4.78 is 6.12. The lowest BCUT2D eigenvalue weighted by Crippen LogP contribution is -2.61. The number of fused-ring (bicyclic) bond motifs is 5. The molecular weight excluding hydrogens is 420 g/mol. The number of allylic oxidation sites excluding steroid dienone is 3. The summed E-state index contributed by atoms with van der Waals surface area (Å²) in [5, 5.41) is 20.8. The molecule has 3 fully saturated rings. The topological polar surface area (TPSA) is 101 Å². The zero-order chi connectivity index (χ0) is 24.2. The summed E-state index contributed by atoms with van der Waals surface area (Å²) in [6.45, 7) is 7.47. The highest BCUT2D eigenvalue weighted by atomic mass is 16.6. The van der Waals surface area contributed by atoms with E-state index in [9.17, 15) is 24.6 Å². The van der Waals surface area contributed by atoms with Crippen molar-refractivity contribution in [1.29, 1.82) is 0 Å². The lowest BCUT2D eigenvalue weighted by atomic mass is 9.46. The number of carbonyl (C=O) groups excluding carboxylic acids is 3. The molecule has 0 saturated heterocycles. The van der Waals surface area contributed by atoms with Gasteiger partial charge in [0.2, 0.25) is 5.78 Å². The van der Waals surface area contributed by atoms with Gasteiger partial charge in [-0.1, -0.05) is 32.8 Å². The Balaban J connectivity index is 1.72. The smallest absolute Gasteiger partial charge is 0.306 e.